The normalized spacial score (nSPS) is 18.1. The van der Waals surface area contributed by atoms with Crippen LogP contribution in [0.1, 0.15) is 41.0 Å². The van der Waals surface area contributed by atoms with Crippen molar-refractivity contribution in [1.29, 1.82) is 0 Å². The fraction of sp³-hybridized carbons (Fsp3) is 0.318. The molecular formula is C22H25N5OS. The minimum Gasteiger partial charge on any atom is -0.325 e. The molecule has 2 N–H and O–H groups in total. The maximum absolute atomic E-state index is 13.3. The van der Waals surface area contributed by atoms with Gasteiger partial charge in [0, 0.05) is 12.1 Å². The Hall–Kier alpha value is -2.80. The van der Waals surface area contributed by atoms with Crippen molar-refractivity contribution in [3.63, 3.8) is 0 Å². The van der Waals surface area contributed by atoms with Gasteiger partial charge in [0.25, 0.3) is 0 Å². The molecule has 0 saturated carbocycles. The molecule has 0 bridgehead atoms. The lowest BCUT2D eigenvalue weighted by Crippen LogP contribution is -2.41. The van der Waals surface area contributed by atoms with Gasteiger partial charge in [-0.1, -0.05) is 60.6 Å². The molecule has 0 saturated heterocycles. The Morgan fingerprint density at radius 2 is 1.83 bits per heavy atom. The highest BCUT2D eigenvalue weighted by atomic mass is 32.2. The third kappa shape index (κ3) is 3.87. The second kappa shape index (κ2) is 7.91. The summed E-state index contributed by atoms with van der Waals surface area (Å²) in [7, 11) is 0. The fourth-order valence-corrected chi connectivity index (χ4v) is 4.52. The van der Waals surface area contributed by atoms with Gasteiger partial charge in [-0.3, -0.25) is 4.79 Å². The van der Waals surface area contributed by atoms with Crippen LogP contribution in [0.5, 0.6) is 0 Å². The van der Waals surface area contributed by atoms with Gasteiger partial charge >= 0.3 is 0 Å². The Morgan fingerprint density at radius 1 is 1.10 bits per heavy atom. The average molecular weight is 408 g/mol. The summed E-state index contributed by atoms with van der Waals surface area (Å²) in [6.45, 7) is 8.13. The summed E-state index contributed by atoms with van der Waals surface area (Å²) in [5.74, 6) is 0.812. The molecule has 1 aliphatic rings. The lowest BCUT2D eigenvalue weighted by atomic mass is 10.0. The third-order valence-corrected chi connectivity index (χ3v) is 6.38. The number of nitrogens with one attached hydrogen (secondary N) is 2. The zero-order valence-corrected chi connectivity index (χ0v) is 17.9. The second-order valence-electron chi connectivity index (χ2n) is 7.45. The lowest BCUT2D eigenvalue weighted by Gasteiger charge is -2.33. The minimum atomic E-state index is -0.376. The van der Waals surface area contributed by atoms with Gasteiger partial charge in [0.15, 0.2) is 5.82 Å². The van der Waals surface area contributed by atoms with E-state index >= 15 is 0 Å². The van der Waals surface area contributed by atoms with Crippen molar-refractivity contribution in [1.82, 2.24) is 14.9 Å². The van der Waals surface area contributed by atoms with Crippen LogP contribution in [0, 0.1) is 20.8 Å². The second-order valence-corrected chi connectivity index (χ2v) is 8.56. The number of fused-ring (bicyclic) bond motifs is 1. The van der Waals surface area contributed by atoms with Gasteiger partial charge in [0.1, 0.15) is 5.25 Å². The predicted molar refractivity (Wildman–Crippen MR) is 117 cm³/mol. The number of nitrogens with zero attached hydrogens (tertiary/aromatic N) is 3. The Kier molecular flexibility index (Phi) is 5.32. The molecule has 1 aromatic heterocycles. The van der Waals surface area contributed by atoms with Gasteiger partial charge in [0.2, 0.25) is 11.1 Å². The summed E-state index contributed by atoms with van der Waals surface area (Å²) in [5.41, 5.74) is 8.74. The molecule has 0 fully saturated rings. The van der Waals surface area contributed by atoms with Crippen LogP contribution in [0.15, 0.2) is 47.6 Å². The lowest BCUT2D eigenvalue weighted by molar-refractivity contribution is -0.116. The van der Waals surface area contributed by atoms with E-state index in [0.717, 1.165) is 34.6 Å². The van der Waals surface area contributed by atoms with E-state index in [-0.39, 0.29) is 17.2 Å². The van der Waals surface area contributed by atoms with E-state index in [9.17, 15) is 4.79 Å². The molecule has 3 aromatic rings. The van der Waals surface area contributed by atoms with Gasteiger partial charge in [-0.25, -0.2) is 4.68 Å². The van der Waals surface area contributed by atoms with E-state index in [1.165, 1.54) is 17.3 Å². The maximum atomic E-state index is 13.3. The number of thioether (sulfide) groups is 1. The van der Waals surface area contributed by atoms with Crippen LogP contribution < -0.4 is 10.7 Å². The number of rotatable bonds is 4. The number of carbonyl (C=O) groups is 1. The Balaban J connectivity index is 1.68. The summed E-state index contributed by atoms with van der Waals surface area (Å²) in [6.07, 6.45) is 0.764. The average Bonchev–Trinajstić information content (AvgIpc) is 3.12. The van der Waals surface area contributed by atoms with Crippen molar-refractivity contribution in [2.24, 2.45) is 0 Å². The molecule has 29 heavy (non-hydrogen) atoms. The highest BCUT2D eigenvalue weighted by molar-refractivity contribution is 8.00. The van der Waals surface area contributed by atoms with Gasteiger partial charge in [-0.2, -0.15) is 0 Å². The molecule has 0 aliphatic carbocycles. The highest BCUT2D eigenvalue weighted by Gasteiger charge is 2.37. The predicted octanol–water partition coefficient (Wildman–Crippen LogP) is 4.16. The molecule has 2 heterocycles. The Labute approximate surface area is 175 Å². The molecule has 0 spiro atoms. The molecule has 7 heteroatoms. The largest absolute Gasteiger partial charge is 0.325 e. The van der Waals surface area contributed by atoms with Crippen molar-refractivity contribution in [2.45, 2.75) is 50.6 Å². The van der Waals surface area contributed by atoms with Crippen molar-refractivity contribution in [2.75, 3.05) is 10.7 Å². The van der Waals surface area contributed by atoms with Crippen LogP contribution in [0.4, 0.5) is 5.69 Å². The highest BCUT2D eigenvalue weighted by Crippen LogP contribution is 2.37. The van der Waals surface area contributed by atoms with E-state index in [4.69, 9.17) is 0 Å². The van der Waals surface area contributed by atoms with Crippen LogP contribution in [-0.2, 0) is 11.2 Å². The molecular weight excluding hydrogens is 382 g/mol. The Bertz CT molecular complexity index is 1040. The van der Waals surface area contributed by atoms with E-state index < -0.39 is 0 Å². The summed E-state index contributed by atoms with van der Waals surface area (Å²) < 4.78 is 1.91. The monoisotopic (exact) mass is 407 g/mol. The number of carbonyl (C=O) groups excluding carboxylic acids is 1. The minimum absolute atomic E-state index is 0.0472. The number of benzene rings is 2. The maximum Gasteiger partial charge on any atom is 0.240 e. The third-order valence-electron chi connectivity index (χ3n) is 5.17. The summed E-state index contributed by atoms with van der Waals surface area (Å²) in [6, 6.07) is 14.2. The SMILES string of the molecule is CCc1nnc2n1NC(c1ccc(C)cc1)C(C(=O)Nc1cc(C)ccc1C)S2. The number of aryl methyl sites for hydroxylation is 4. The first-order valence-electron chi connectivity index (χ1n) is 9.78. The van der Waals surface area contributed by atoms with Gasteiger partial charge in [0.05, 0.1) is 6.04 Å². The first-order chi connectivity index (χ1) is 14.0. The van der Waals surface area contributed by atoms with Crippen LogP contribution in [0.3, 0.4) is 0 Å². The number of hydrogen-bond donors (Lipinski definition) is 2. The van der Waals surface area contributed by atoms with Crippen molar-refractivity contribution in [3.05, 3.63) is 70.5 Å². The zero-order valence-electron chi connectivity index (χ0n) is 17.1. The van der Waals surface area contributed by atoms with Crippen molar-refractivity contribution in [3.8, 4) is 0 Å². The first-order valence-corrected chi connectivity index (χ1v) is 10.7. The first kappa shape index (κ1) is 19.5. The fourth-order valence-electron chi connectivity index (χ4n) is 3.43. The quantitative estimate of drug-likeness (QED) is 0.679. The molecule has 2 unspecified atom stereocenters. The summed E-state index contributed by atoms with van der Waals surface area (Å²) in [4.78, 5) is 13.3. The summed E-state index contributed by atoms with van der Waals surface area (Å²) in [5, 5.41) is 12.0. The zero-order chi connectivity index (χ0) is 20.5. The van der Waals surface area contributed by atoms with Gasteiger partial charge < -0.3 is 10.7 Å². The number of aromatic nitrogens is 3. The van der Waals surface area contributed by atoms with Crippen molar-refractivity contribution < 1.29 is 4.79 Å². The van der Waals surface area contributed by atoms with Gasteiger partial charge in [-0.15, -0.1) is 10.2 Å². The van der Waals surface area contributed by atoms with Crippen LogP contribution in [0.25, 0.3) is 0 Å². The molecule has 1 amide bonds. The molecule has 2 atom stereocenters. The van der Waals surface area contributed by atoms with E-state index in [0.29, 0.717) is 5.16 Å². The molecule has 150 valence electrons. The molecule has 0 radical (unpaired) electrons. The summed E-state index contributed by atoms with van der Waals surface area (Å²) >= 11 is 1.45. The Morgan fingerprint density at radius 3 is 2.55 bits per heavy atom. The van der Waals surface area contributed by atoms with Crippen molar-refractivity contribution >= 4 is 23.4 Å². The van der Waals surface area contributed by atoms with Crippen LogP contribution in [-0.4, -0.2) is 26.0 Å². The van der Waals surface area contributed by atoms with E-state index in [2.05, 4.69) is 52.1 Å². The van der Waals surface area contributed by atoms with E-state index in [1.807, 2.05) is 43.6 Å². The number of hydrogen-bond acceptors (Lipinski definition) is 5. The molecule has 2 aromatic carbocycles. The van der Waals surface area contributed by atoms with Crippen LogP contribution in [0.2, 0.25) is 0 Å². The number of amides is 1. The standard InChI is InChI=1S/C22H25N5OS/c1-5-18-24-25-22-27(18)26-19(16-10-7-13(2)8-11-16)20(29-22)21(28)23-17-12-14(3)6-9-15(17)4/h6-12,19-20,26H,5H2,1-4H3,(H,23,28). The van der Waals surface area contributed by atoms with E-state index in [1.54, 1.807) is 0 Å². The molecule has 4 rings (SSSR count). The van der Waals surface area contributed by atoms with Crippen LogP contribution >= 0.6 is 11.8 Å². The molecule has 6 nitrogen and oxygen atoms in total. The van der Waals surface area contributed by atoms with Gasteiger partial charge in [-0.05, 0) is 43.5 Å². The molecule has 1 aliphatic heterocycles. The number of anilines is 1. The smallest absolute Gasteiger partial charge is 0.240 e. The topological polar surface area (TPSA) is 71.8 Å².